The molecule has 1 amide bonds. The van der Waals surface area contributed by atoms with E-state index in [9.17, 15) is 45.6 Å². The lowest BCUT2D eigenvalue weighted by Crippen LogP contribution is -2.65. The maximum atomic E-state index is 13.4. The van der Waals surface area contributed by atoms with Crippen LogP contribution in [-0.2, 0) is 23.7 Å². The summed E-state index contributed by atoms with van der Waals surface area (Å²) in [6.45, 7) is 2.90. The van der Waals surface area contributed by atoms with Crippen LogP contribution < -0.4 is 5.32 Å². The van der Waals surface area contributed by atoms with Crippen LogP contribution in [-0.4, -0.2) is 140 Å². The molecule has 0 radical (unpaired) electrons. The van der Waals surface area contributed by atoms with Gasteiger partial charge in [0, 0.05) is 6.42 Å². The fourth-order valence-corrected chi connectivity index (χ4v) is 12.2. The summed E-state index contributed by atoms with van der Waals surface area (Å²) in [6, 6.07) is -0.829. The van der Waals surface area contributed by atoms with Crippen molar-refractivity contribution in [2.45, 2.75) is 402 Å². The second kappa shape index (κ2) is 58.1. The molecule has 12 atom stereocenters. The summed E-state index contributed by atoms with van der Waals surface area (Å²) in [6.07, 6.45) is 57.3. The fraction of sp³-hybridized carbons (Fsp3) is 0.904. The van der Waals surface area contributed by atoms with Crippen LogP contribution in [0.1, 0.15) is 328 Å². The Hall–Kier alpha value is -1.79. The van der Waals surface area contributed by atoms with E-state index in [1.807, 2.05) is 0 Å². The zero-order valence-corrected chi connectivity index (χ0v) is 55.8. The summed E-state index contributed by atoms with van der Waals surface area (Å²) in [4.78, 5) is 13.4. The Morgan fingerprint density at radius 1 is 0.414 bits per heavy atom. The van der Waals surface area contributed by atoms with E-state index < -0.39 is 86.8 Å². The average molecular weight is 1240 g/mol. The highest BCUT2D eigenvalue weighted by Gasteiger charge is 2.51. The third-order valence-electron chi connectivity index (χ3n) is 18.1. The predicted molar refractivity (Wildman–Crippen MR) is 355 cm³/mol. The molecule has 87 heavy (non-hydrogen) atoms. The molecule has 14 heteroatoms. The zero-order valence-electron chi connectivity index (χ0n) is 55.8. The minimum atomic E-state index is -1.78. The smallest absolute Gasteiger partial charge is 0.220 e. The van der Waals surface area contributed by atoms with Crippen LogP contribution in [0.5, 0.6) is 0 Å². The third kappa shape index (κ3) is 42.1. The highest BCUT2D eigenvalue weighted by Crippen LogP contribution is 2.30. The lowest BCUT2D eigenvalue weighted by Gasteiger charge is -2.46. The van der Waals surface area contributed by atoms with Gasteiger partial charge < -0.3 is 65.1 Å². The van der Waals surface area contributed by atoms with Crippen LogP contribution in [0, 0.1) is 0 Å². The quantitative estimate of drug-likeness (QED) is 0.0204. The summed E-state index contributed by atoms with van der Waals surface area (Å²) in [5, 5.41) is 87.7. The number of carbonyl (C=O) groups is 1. The monoisotopic (exact) mass is 1240 g/mol. The van der Waals surface area contributed by atoms with Gasteiger partial charge in [-0.2, -0.15) is 0 Å². The molecular formula is C73H137NO13. The van der Waals surface area contributed by atoms with Gasteiger partial charge in [0.2, 0.25) is 5.91 Å². The van der Waals surface area contributed by atoms with Gasteiger partial charge in [-0.1, -0.05) is 307 Å². The topological polar surface area (TPSA) is 228 Å². The molecule has 0 aliphatic carbocycles. The van der Waals surface area contributed by atoms with Crippen LogP contribution in [0.4, 0.5) is 0 Å². The SMILES string of the molecule is CCCCCCC/C=C\C/C=C\C/C=C\CCCCCCCCCCCCCCCCCCC(=O)NC(COC1OC(CO)C(OC2OC(CO)C(O)C(O)C2O)C(O)C1O)C(O)CCCCCCCCCCCCCCCCCCCCCCCC. The van der Waals surface area contributed by atoms with E-state index in [0.717, 1.165) is 64.2 Å². The van der Waals surface area contributed by atoms with Crippen molar-refractivity contribution in [1.82, 2.24) is 5.32 Å². The number of carbonyl (C=O) groups excluding carboxylic acids is 1. The number of nitrogens with one attached hydrogen (secondary N) is 1. The van der Waals surface area contributed by atoms with E-state index in [0.29, 0.717) is 12.8 Å². The van der Waals surface area contributed by atoms with Crippen molar-refractivity contribution in [3.63, 3.8) is 0 Å². The van der Waals surface area contributed by atoms with Gasteiger partial charge in [0.15, 0.2) is 12.6 Å². The number of ether oxygens (including phenoxy) is 4. The zero-order chi connectivity index (χ0) is 63.1. The van der Waals surface area contributed by atoms with Crippen LogP contribution >= 0.6 is 0 Å². The van der Waals surface area contributed by atoms with E-state index in [1.54, 1.807) is 0 Å². The van der Waals surface area contributed by atoms with Gasteiger partial charge in [0.25, 0.3) is 0 Å². The lowest BCUT2D eigenvalue weighted by atomic mass is 9.97. The summed E-state index contributed by atoms with van der Waals surface area (Å²) in [7, 11) is 0. The maximum Gasteiger partial charge on any atom is 0.220 e. The predicted octanol–water partition coefficient (Wildman–Crippen LogP) is 15.3. The van der Waals surface area contributed by atoms with Gasteiger partial charge >= 0.3 is 0 Å². The molecule has 14 nitrogen and oxygen atoms in total. The first-order chi connectivity index (χ1) is 42.6. The molecule has 2 aliphatic rings. The number of aliphatic hydroxyl groups excluding tert-OH is 8. The first-order valence-electron chi connectivity index (χ1n) is 36.7. The first kappa shape index (κ1) is 81.3. The number of aliphatic hydroxyl groups is 8. The Balaban J connectivity index is 1.64. The summed E-state index contributed by atoms with van der Waals surface area (Å²) in [5.41, 5.74) is 0. The molecule has 0 aromatic rings. The van der Waals surface area contributed by atoms with Gasteiger partial charge in [-0.05, 0) is 51.4 Å². The Morgan fingerprint density at radius 3 is 1.16 bits per heavy atom. The third-order valence-corrected chi connectivity index (χ3v) is 18.1. The Bertz CT molecular complexity index is 1600. The molecule has 2 heterocycles. The van der Waals surface area contributed by atoms with E-state index in [2.05, 4.69) is 55.6 Å². The number of hydrogen-bond acceptors (Lipinski definition) is 13. The molecule has 2 rings (SSSR count). The molecule has 2 saturated heterocycles. The highest BCUT2D eigenvalue weighted by molar-refractivity contribution is 5.76. The molecule has 9 N–H and O–H groups in total. The molecule has 0 bridgehead atoms. The number of allylic oxidation sites excluding steroid dienone is 6. The van der Waals surface area contributed by atoms with E-state index >= 15 is 0 Å². The lowest BCUT2D eigenvalue weighted by molar-refractivity contribution is -0.359. The Morgan fingerprint density at radius 2 is 0.759 bits per heavy atom. The molecule has 12 unspecified atom stereocenters. The van der Waals surface area contributed by atoms with Crippen molar-refractivity contribution in [1.29, 1.82) is 0 Å². The number of amides is 1. The van der Waals surface area contributed by atoms with Crippen molar-refractivity contribution in [3.05, 3.63) is 36.5 Å². The van der Waals surface area contributed by atoms with E-state index in [4.69, 9.17) is 18.9 Å². The van der Waals surface area contributed by atoms with Gasteiger partial charge in [-0.15, -0.1) is 0 Å². The molecule has 0 aromatic carbocycles. The largest absolute Gasteiger partial charge is 0.394 e. The number of rotatable bonds is 61. The van der Waals surface area contributed by atoms with Crippen LogP contribution in [0.15, 0.2) is 36.5 Å². The summed E-state index contributed by atoms with van der Waals surface area (Å²) < 4.78 is 22.9. The van der Waals surface area contributed by atoms with E-state index in [1.165, 1.54) is 238 Å². The van der Waals surface area contributed by atoms with Gasteiger partial charge in [0.1, 0.15) is 48.8 Å². The molecular weight excluding hydrogens is 1100 g/mol. The Labute approximate surface area is 531 Å². The summed E-state index contributed by atoms with van der Waals surface area (Å²) >= 11 is 0. The second-order valence-corrected chi connectivity index (χ2v) is 26.1. The second-order valence-electron chi connectivity index (χ2n) is 26.1. The first-order valence-corrected chi connectivity index (χ1v) is 36.7. The average Bonchev–Trinajstić information content (AvgIpc) is 2.33. The molecule has 0 saturated carbocycles. The van der Waals surface area contributed by atoms with E-state index in [-0.39, 0.29) is 12.5 Å². The normalized spacial score (nSPS) is 23.4. The van der Waals surface area contributed by atoms with Crippen molar-refractivity contribution >= 4 is 5.91 Å². The highest BCUT2D eigenvalue weighted by atomic mass is 16.7. The van der Waals surface area contributed by atoms with Crippen LogP contribution in [0.2, 0.25) is 0 Å². The minimum Gasteiger partial charge on any atom is -0.394 e. The standard InChI is InChI=1S/C73H137NO13/c1-3-5-7-9-11-13-15-17-19-21-23-25-27-28-29-30-31-32-33-34-35-37-39-41-43-45-47-49-51-53-55-57-65(78)74-61(60-84-72-70(83)68(81)71(64(59-76)86-72)87-73-69(82)67(80)66(79)63(58-75)85-73)62(77)56-54-52-50-48-46-44-42-40-38-36-26-24-22-20-18-16-14-12-10-8-6-4-2/h15,17,21,23,27-28,61-64,66-73,75-77,79-83H,3-14,16,18-20,22,24-26,29-60H2,1-2H3,(H,74,78)/b17-15-,23-21-,28-27-. The van der Waals surface area contributed by atoms with Gasteiger partial charge in [0.05, 0.1) is 32.0 Å². The minimum absolute atomic E-state index is 0.201. The molecule has 2 aliphatic heterocycles. The van der Waals surface area contributed by atoms with Gasteiger partial charge in [-0.25, -0.2) is 0 Å². The van der Waals surface area contributed by atoms with Crippen LogP contribution in [0.25, 0.3) is 0 Å². The molecule has 0 spiro atoms. The van der Waals surface area contributed by atoms with Crippen molar-refractivity contribution in [2.24, 2.45) is 0 Å². The number of hydrogen-bond donors (Lipinski definition) is 9. The van der Waals surface area contributed by atoms with Gasteiger partial charge in [-0.3, -0.25) is 4.79 Å². The molecule has 0 aromatic heterocycles. The van der Waals surface area contributed by atoms with Crippen molar-refractivity contribution < 1.29 is 64.6 Å². The van der Waals surface area contributed by atoms with Crippen molar-refractivity contribution in [2.75, 3.05) is 19.8 Å². The number of unbranched alkanes of at least 4 members (excludes halogenated alkanes) is 42. The maximum absolute atomic E-state index is 13.4. The molecule has 512 valence electrons. The fourth-order valence-electron chi connectivity index (χ4n) is 12.2. The summed E-state index contributed by atoms with van der Waals surface area (Å²) in [5.74, 6) is -0.201. The Kier molecular flexibility index (Phi) is 54.3. The van der Waals surface area contributed by atoms with Crippen molar-refractivity contribution in [3.8, 4) is 0 Å². The molecule has 2 fully saturated rings. The van der Waals surface area contributed by atoms with Crippen LogP contribution in [0.3, 0.4) is 0 Å².